The highest BCUT2D eigenvalue weighted by molar-refractivity contribution is 5.43. The molecule has 0 fully saturated rings. The second-order valence-corrected chi connectivity index (χ2v) is 2.86. The number of hydrazine groups is 1. The van der Waals surface area contributed by atoms with Gasteiger partial charge in [-0.15, -0.1) is 0 Å². The molecule has 4 nitrogen and oxygen atoms in total. The molecule has 0 unspecified atom stereocenters. The Kier molecular flexibility index (Phi) is 2.33. The van der Waals surface area contributed by atoms with Gasteiger partial charge in [0, 0.05) is 6.54 Å². The molecular weight excluding hydrogens is 168 g/mol. The second-order valence-electron chi connectivity index (χ2n) is 2.86. The van der Waals surface area contributed by atoms with Gasteiger partial charge in [0.25, 0.3) is 0 Å². The van der Waals surface area contributed by atoms with Crippen LogP contribution in [0.25, 0.3) is 0 Å². The standard InChI is InChI=1S/C9H12N2O2/c10-11-6-7-1-2-8-9(5-7)13-4-3-12-8/h1-2,5,11H,3-4,6,10H2. The van der Waals surface area contributed by atoms with Gasteiger partial charge in [0.1, 0.15) is 13.2 Å². The molecular formula is C9H12N2O2. The van der Waals surface area contributed by atoms with Crippen molar-refractivity contribution in [3.05, 3.63) is 23.8 Å². The molecule has 4 heteroatoms. The first-order chi connectivity index (χ1) is 6.40. The van der Waals surface area contributed by atoms with Crippen LogP contribution in [-0.4, -0.2) is 13.2 Å². The van der Waals surface area contributed by atoms with E-state index in [1.165, 1.54) is 0 Å². The molecule has 0 amide bonds. The number of nitrogens with two attached hydrogens (primary N) is 1. The van der Waals surface area contributed by atoms with Crippen LogP contribution in [0.2, 0.25) is 0 Å². The highest BCUT2D eigenvalue weighted by Crippen LogP contribution is 2.30. The average molecular weight is 180 g/mol. The quantitative estimate of drug-likeness (QED) is 0.511. The number of rotatable bonds is 2. The van der Waals surface area contributed by atoms with E-state index in [-0.39, 0.29) is 0 Å². The van der Waals surface area contributed by atoms with Crippen molar-refractivity contribution >= 4 is 0 Å². The summed E-state index contributed by atoms with van der Waals surface area (Å²) in [6.07, 6.45) is 0. The molecule has 0 spiro atoms. The number of ether oxygens (including phenoxy) is 2. The highest BCUT2D eigenvalue weighted by atomic mass is 16.6. The Morgan fingerprint density at radius 1 is 1.23 bits per heavy atom. The van der Waals surface area contributed by atoms with E-state index in [1.807, 2.05) is 18.2 Å². The molecule has 1 aromatic rings. The van der Waals surface area contributed by atoms with E-state index in [9.17, 15) is 0 Å². The topological polar surface area (TPSA) is 56.5 Å². The highest BCUT2D eigenvalue weighted by Gasteiger charge is 2.10. The number of fused-ring (bicyclic) bond motifs is 1. The summed E-state index contributed by atoms with van der Waals surface area (Å²) in [4.78, 5) is 0. The van der Waals surface area contributed by atoms with Gasteiger partial charge >= 0.3 is 0 Å². The van der Waals surface area contributed by atoms with Gasteiger partial charge in [0.15, 0.2) is 11.5 Å². The summed E-state index contributed by atoms with van der Waals surface area (Å²) in [6, 6.07) is 5.81. The maximum Gasteiger partial charge on any atom is 0.161 e. The molecule has 13 heavy (non-hydrogen) atoms. The van der Waals surface area contributed by atoms with Crippen LogP contribution in [0.4, 0.5) is 0 Å². The second kappa shape index (κ2) is 3.64. The number of benzene rings is 1. The number of hydrogen-bond acceptors (Lipinski definition) is 4. The summed E-state index contributed by atoms with van der Waals surface area (Å²) >= 11 is 0. The van der Waals surface area contributed by atoms with Crippen LogP contribution in [0.3, 0.4) is 0 Å². The molecule has 70 valence electrons. The van der Waals surface area contributed by atoms with Crippen molar-refractivity contribution in [2.45, 2.75) is 6.54 Å². The first-order valence-electron chi connectivity index (χ1n) is 4.22. The van der Waals surface area contributed by atoms with E-state index >= 15 is 0 Å². The minimum absolute atomic E-state index is 0.618. The Labute approximate surface area is 76.6 Å². The van der Waals surface area contributed by atoms with Gasteiger partial charge in [0.2, 0.25) is 0 Å². The van der Waals surface area contributed by atoms with Gasteiger partial charge in [-0.3, -0.25) is 11.3 Å². The normalized spacial score (nSPS) is 14.2. The fraction of sp³-hybridized carbons (Fsp3) is 0.333. The molecule has 0 aliphatic carbocycles. The summed E-state index contributed by atoms with van der Waals surface area (Å²) in [7, 11) is 0. The van der Waals surface area contributed by atoms with E-state index in [0.29, 0.717) is 19.8 Å². The van der Waals surface area contributed by atoms with Crippen LogP contribution in [0.15, 0.2) is 18.2 Å². The Bertz CT molecular complexity index is 302. The molecule has 0 saturated carbocycles. The van der Waals surface area contributed by atoms with Crippen molar-refractivity contribution in [3.8, 4) is 11.5 Å². The van der Waals surface area contributed by atoms with E-state index in [4.69, 9.17) is 15.3 Å². The van der Waals surface area contributed by atoms with Gasteiger partial charge < -0.3 is 9.47 Å². The first kappa shape index (κ1) is 8.34. The molecule has 0 atom stereocenters. The smallest absolute Gasteiger partial charge is 0.161 e. The molecule has 1 aromatic carbocycles. The Hall–Kier alpha value is -1.26. The van der Waals surface area contributed by atoms with Gasteiger partial charge in [0.05, 0.1) is 0 Å². The van der Waals surface area contributed by atoms with Gasteiger partial charge in [-0.25, -0.2) is 0 Å². The van der Waals surface area contributed by atoms with Gasteiger partial charge in [-0.05, 0) is 17.7 Å². The van der Waals surface area contributed by atoms with Crippen LogP contribution in [0.5, 0.6) is 11.5 Å². The van der Waals surface area contributed by atoms with Crippen molar-refractivity contribution in [2.75, 3.05) is 13.2 Å². The lowest BCUT2D eigenvalue weighted by atomic mass is 10.2. The van der Waals surface area contributed by atoms with Crippen LogP contribution < -0.4 is 20.7 Å². The van der Waals surface area contributed by atoms with Crippen LogP contribution >= 0.6 is 0 Å². The number of nitrogens with one attached hydrogen (secondary N) is 1. The van der Waals surface area contributed by atoms with Crippen LogP contribution in [0, 0.1) is 0 Å². The van der Waals surface area contributed by atoms with Gasteiger partial charge in [-0.2, -0.15) is 0 Å². The monoisotopic (exact) mass is 180 g/mol. The Morgan fingerprint density at radius 3 is 2.77 bits per heavy atom. The first-order valence-corrected chi connectivity index (χ1v) is 4.22. The predicted octanol–water partition coefficient (Wildman–Crippen LogP) is 0.421. The lowest BCUT2D eigenvalue weighted by Crippen LogP contribution is -2.21. The fourth-order valence-corrected chi connectivity index (χ4v) is 1.32. The molecule has 0 bridgehead atoms. The van der Waals surface area contributed by atoms with Crippen molar-refractivity contribution in [2.24, 2.45) is 5.84 Å². The van der Waals surface area contributed by atoms with Crippen molar-refractivity contribution in [3.63, 3.8) is 0 Å². The van der Waals surface area contributed by atoms with Crippen LogP contribution in [-0.2, 0) is 6.54 Å². The summed E-state index contributed by atoms with van der Waals surface area (Å²) in [5.74, 6) is 6.83. The van der Waals surface area contributed by atoms with E-state index in [1.54, 1.807) is 0 Å². The molecule has 1 aliphatic heterocycles. The zero-order valence-corrected chi connectivity index (χ0v) is 7.25. The molecule has 3 N–H and O–H groups in total. The van der Waals surface area contributed by atoms with Crippen molar-refractivity contribution < 1.29 is 9.47 Å². The van der Waals surface area contributed by atoms with E-state index in [0.717, 1.165) is 17.1 Å². The third-order valence-electron chi connectivity index (χ3n) is 1.91. The molecule has 0 saturated heterocycles. The maximum absolute atomic E-state index is 5.42. The maximum atomic E-state index is 5.42. The summed E-state index contributed by atoms with van der Waals surface area (Å²) in [5, 5.41) is 0. The van der Waals surface area contributed by atoms with Crippen molar-refractivity contribution in [1.29, 1.82) is 0 Å². The third-order valence-corrected chi connectivity index (χ3v) is 1.91. The summed E-state index contributed by atoms with van der Waals surface area (Å²) in [6.45, 7) is 1.88. The van der Waals surface area contributed by atoms with Crippen LogP contribution in [0.1, 0.15) is 5.56 Å². The summed E-state index contributed by atoms with van der Waals surface area (Å²) < 4.78 is 10.8. The van der Waals surface area contributed by atoms with E-state index in [2.05, 4.69) is 5.43 Å². The minimum Gasteiger partial charge on any atom is -0.486 e. The Morgan fingerprint density at radius 2 is 2.00 bits per heavy atom. The van der Waals surface area contributed by atoms with E-state index < -0.39 is 0 Å². The molecule has 1 heterocycles. The largest absolute Gasteiger partial charge is 0.486 e. The zero-order chi connectivity index (χ0) is 9.10. The Balaban J connectivity index is 2.24. The predicted molar refractivity (Wildman–Crippen MR) is 48.5 cm³/mol. The zero-order valence-electron chi connectivity index (χ0n) is 7.25. The van der Waals surface area contributed by atoms with Gasteiger partial charge in [-0.1, -0.05) is 6.07 Å². The molecule has 1 aliphatic rings. The third kappa shape index (κ3) is 1.74. The average Bonchev–Trinajstić information content (AvgIpc) is 2.18. The lowest BCUT2D eigenvalue weighted by Gasteiger charge is -2.18. The minimum atomic E-state index is 0.618. The number of hydrogen-bond donors (Lipinski definition) is 2. The molecule has 0 radical (unpaired) electrons. The fourth-order valence-electron chi connectivity index (χ4n) is 1.32. The summed E-state index contributed by atoms with van der Waals surface area (Å²) in [5.41, 5.74) is 3.68. The lowest BCUT2D eigenvalue weighted by molar-refractivity contribution is 0.171. The van der Waals surface area contributed by atoms with Crippen molar-refractivity contribution in [1.82, 2.24) is 5.43 Å². The molecule has 2 rings (SSSR count). The SMILES string of the molecule is NNCc1ccc2c(c1)OCCO2. The molecule has 0 aromatic heterocycles.